The Hall–Kier alpha value is -2.34. The highest BCUT2D eigenvalue weighted by Crippen LogP contribution is 2.31. The van der Waals surface area contributed by atoms with Gasteiger partial charge in [0.05, 0.1) is 19.2 Å². The summed E-state index contributed by atoms with van der Waals surface area (Å²) < 4.78 is 7.17. The second-order valence-corrected chi connectivity index (χ2v) is 4.79. The third kappa shape index (κ3) is 2.35. The first-order valence-electron chi connectivity index (χ1n) is 6.52. The largest absolute Gasteiger partial charge is 0.387 e. The molecule has 4 atom stereocenters. The first-order chi connectivity index (χ1) is 10.6. The SMILES string of the molecule is NNC=NC[C@H]1O[C@@H](n2cnc3c(N)ncnc32)[C@H](O)[C@@H]1O. The van der Waals surface area contributed by atoms with Gasteiger partial charge in [-0.1, -0.05) is 0 Å². The van der Waals surface area contributed by atoms with Gasteiger partial charge in [0.2, 0.25) is 0 Å². The lowest BCUT2D eigenvalue weighted by atomic mass is 10.1. The molecule has 7 N–H and O–H groups in total. The molecule has 0 spiro atoms. The molecule has 3 heterocycles. The molecule has 1 saturated heterocycles. The lowest BCUT2D eigenvalue weighted by molar-refractivity contribution is -0.0320. The van der Waals surface area contributed by atoms with Crippen molar-refractivity contribution < 1.29 is 14.9 Å². The molecule has 1 fully saturated rings. The number of aromatic nitrogens is 4. The lowest BCUT2D eigenvalue weighted by Crippen LogP contribution is -2.33. The van der Waals surface area contributed by atoms with E-state index < -0.39 is 24.5 Å². The number of ether oxygens (including phenoxy) is 1. The van der Waals surface area contributed by atoms with Crippen LogP contribution in [0.3, 0.4) is 0 Å². The summed E-state index contributed by atoms with van der Waals surface area (Å²) in [5.41, 5.74) is 8.79. The van der Waals surface area contributed by atoms with Crippen LogP contribution < -0.4 is 17.0 Å². The van der Waals surface area contributed by atoms with Gasteiger partial charge in [-0.05, 0) is 0 Å². The predicted octanol–water partition coefficient (Wildman–Crippen LogP) is -2.48. The number of aliphatic imine (C=N–C) groups is 1. The number of fused-ring (bicyclic) bond motifs is 1. The minimum atomic E-state index is -1.15. The maximum atomic E-state index is 10.2. The lowest BCUT2D eigenvalue weighted by Gasteiger charge is -2.16. The number of nitrogens with two attached hydrogens (primary N) is 2. The summed E-state index contributed by atoms with van der Waals surface area (Å²) in [7, 11) is 0. The average Bonchev–Trinajstić information content (AvgIpc) is 3.05. The molecule has 11 nitrogen and oxygen atoms in total. The van der Waals surface area contributed by atoms with Crippen LogP contribution in [0.5, 0.6) is 0 Å². The van der Waals surface area contributed by atoms with E-state index in [1.807, 2.05) is 0 Å². The number of aliphatic hydroxyl groups is 2. The fourth-order valence-electron chi connectivity index (χ4n) is 2.38. The molecule has 22 heavy (non-hydrogen) atoms. The fourth-order valence-corrected chi connectivity index (χ4v) is 2.38. The number of imidazole rings is 1. The van der Waals surface area contributed by atoms with Crippen molar-refractivity contribution in [2.45, 2.75) is 24.5 Å². The highest BCUT2D eigenvalue weighted by Gasteiger charge is 2.44. The maximum absolute atomic E-state index is 10.2. The fraction of sp³-hybridized carbons (Fsp3) is 0.455. The zero-order valence-electron chi connectivity index (χ0n) is 11.4. The third-order valence-corrected chi connectivity index (χ3v) is 3.45. The van der Waals surface area contributed by atoms with Crippen molar-refractivity contribution in [3.8, 4) is 0 Å². The number of hydrogen-bond acceptors (Lipinski definition) is 9. The first kappa shape index (κ1) is 14.6. The van der Waals surface area contributed by atoms with E-state index in [0.717, 1.165) is 0 Å². The maximum Gasteiger partial charge on any atom is 0.167 e. The first-order valence-corrected chi connectivity index (χ1v) is 6.52. The summed E-state index contributed by atoms with van der Waals surface area (Å²) in [6, 6.07) is 0. The van der Waals surface area contributed by atoms with Crippen molar-refractivity contribution in [1.82, 2.24) is 24.9 Å². The summed E-state index contributed by atoms with van der Waals surface area (Å²) >= 11 is 0. The average molecular weight is 308 g/mol. The van der Waals surface area contributed by atoms with Gasteiger partial charge >= 0.3 is 0 Å². The Bertz CT molecular complexity index is 689. The summed E-state index contributed by atoms with van der Waals surface area (Å²) in [6.45, 7) is 0.142. The monoisotopic (exact) mass is 308 g/mol. The van der Waals surface area contributed by atoms with Gasteiger partial charge in [0.1, 0.15) is 30.2 Å². The van der Waals surface area contributed by atoms with Gasteiger partial charge in [0.15, 0.2) is 17.7 Å². The topological polar surface area (TPSA) is 170 Å². The Morgan fingerprint density at radius 3 is 2.95 bits per heavy atom. The van der Waals surface area contributed by atoms with Crippen LogP contribution in [0.15, 0.2) is 17.6 Å². The minimum absolute atomic E-state index is 0.142. The Morgan fingerprint density at radius 1 is 1.36 bits per heavy atom. The number of anilines is 1. The van der Waals surface area contributed by atoms with E-state index >= 15 is 0 Å². The molecule has 0 radical (unpaired) electrons. The molecule has 11 heteroatoms. The van der Waals surface area contributed by atoms with Gasteiger partial charge in [-0.25, -0.2) is 20.8 Å². The van der Waals surface area contributed by atoms with E-state index in [2.05, 4.69) is 25.4 Å². The normalized spacial score (nSPS) is 28.7. The van der Waals surface area contributed by atoms with Crippen molar-refractivity contribution in [2.24, 2.45) is 10.8 Å². The van der Waals surface area contributed by atoms with Crippen LogP contribution in [-0.4, -0.2) is 60.9 Å². The van der Waals surface area contributed by atoms with Crippen LogP contribution in [0.2, 0.25) is 0 Å². The summed E-state index contributed by atoms with van der Waals surface area (Å²) in [5.74, 6) is 5.29. The van der Waals surface area contributed by atoms with E-state index in [1.165, 1.54) is 23.6 Å². The van der Waals surface area contributed by atoms with Crippen LogP contribution in [0.1, 0.15) is 6.23 Å². The number of hydrazine groups is 1. The highest BCUT2D eigenvalue weighted by atomic mass is 16.6. The zero-order chi connectivity index (χ0) is 15.7. The van der Waals surface area contributed by atoms with Crippen LogP contribution in [0.4, 0.5) is 5.82 Å². The van der Waals surface area contributed by atoms with E-state index in [1.54, 1.807) is 0 Å². The van der Waals surface area contributed by atoms with E-state index in [0.29, 0.717) is 11.2 Å². The van der Waals surface area contributed by atoms with Crippen LogP contribution in [0.25, 0.3) is 11.2 Å². The smallest absolute Gasteiger partial charge is 0.167 e. The standard InChI is InChI=1S/C11H16N8O3/c12-9-6-10(16-3-15-9)19(4-17-6)11-8(21)7(20)5(22-11)1-14-2-18-13/h2-5,7-8,11,20-21H,1,13H2,(H,14,18)(H2,12,15,16)/t5-,7-,8-,11-/m1/s1. The van der Waals surface area contributed by atoms with Crippen molar-refractivity contribution in [3.63, 3.8) is 0 Å². The predicted molar refractivity (Wildman–Crippen MR) is 76.3 cm³/mol. The van der Waals surface area contributed by atoms with Crippen molar-refractivity contribution in [1.29, 1.82) is 0 Å². The molecule has 0 bridgehead atoms. The van der Waals surface area contributed by atoms with E-state index in [4.69, 9.17) is 16.3 Å². The van der Waals surface area contributed by atoms with Crippen LogP contribution in [-0.2, 0) is 4.74 Å². The molecule has 0 amide bonds. The molecule has 0 saturated carbocycles. The Kier molecular flexibility index (Phi) is 3.85. The van der Waals surface area contributed by atoms with Crippen molar-refractivity contribution in [3.05, 3.63) is 12.7 Å². The van der Waals surface area contributed by atoms with Gasteiger partial charge in [0, 0.05) is 0 Å². The molecule has 118 valence electrons. The molecule has 0 unspecified atom stereocenters. The summed E-state index contributed by atoms with van der Waals surface area (Å²) in [4.78, 5) is 16.0. The van der Waals surface area contributed by atoms with Gasteiger partial charge in [-0.15, -0.1) is 0 Å². The molecule has 1 aliphatic heterocycles. The van der Waals surface area contributed by atoms with Crippen molar-refractivity contribution >= 4 is 23.3 Å². The summed E-state index contributed by atoms with van der Waals surface area (Å²) in [6.07, 6.45) is 0.222. The zero-order valence-corrected chi connectivity index (χ0v) is 11.4. The Morgan fingerprint density at radius 2 is 2.18 bits per heavy atom. The van der Waals surface area contributed by atoms with Gasteiger partial charge < -0.3 is 26.1 Å². The number of aliphatic hydroxyl groups excluding tert-OH is 2. The summed E-state index contributed by atoms with van der Waals surface area (Å²) in [5, 5.41) is 20.3. The molecule has 2 aromatic heterocycles. The van der Waals surface area contributed by atoms with Gasteiger partial charge in [-0.2, -0.15) is 0 Å². The molecule has 0 aromatic carbocycles. The number of hydrogen-bond donors (Lipinski definition) is 5. The molecular formula is C11H16N8O3. The Balaban J connectivity index is 1.87. The third-order valence-electron chi connectivity index (χ3n) is 3.45. The number of rotatable bonds is 4. The van der Waals surface area contributed by atoms with Gasteiger partial charge in [0.25, 0.3) is 0 Å². The van der Waals surface area contributed by atoms with Crippen LogP contribution in [0, 0.1) is 0 Å². The van der Waals surface area contributed by atoms with E-state index in [9.17, 15) is 10.2 Å². The Labute approximate surface area is 124 Å². The highest BCUT2D eigenvalue weighted by molar-refractivity contribution is 5.81. The number of nitrogens with zero attached hydrogens (tertiary/aromatic N) is 5. The van der Waals surface area contributed by atoms with Crippen LogP contribution >= 0.6 is 0 Å². The number of nitrogens with one attached hydrogen (secondary N) is 1. The number of nitrogen functional groups attached to an aromatic ring is 1. The molecular weight excluding hydrogens is 292 g/mol. The second-order valence-electron chi connectivity index (χ2n) is 4.79. The molecule has 2 aromatic rings. The molecule has 3 rings (SSSR count). The molecule has 0 aliphatic carbocycles. The van der Waals surface area contributed by atoms with Gasteiger partial charge in [-0.3, -0.25) is 9.56 Å². The second kappa shape index (κ2) is 5.81. The molecule has 1 aliphatic rings. The van der Waals surface area contributed by atoms with E-state index in [-0.39, 0.29) is 12.4 Å². The quantitative estimate of drug-likeness (QED) is 0.177. The minimum Gasteiger partial charge on any atom is -0.387 e. The van der Waals surface area contributed by atoms with Crippen molar-refractivity contribution in [2.75, 3.05) is 12.3 Å².